The number of hydrogen-bond donors (Lipinski definition) is 0. The smallest absolute Gasteiger partial charge is 0.208 e. The van der Waals surface area contributed by atoms with Crippen LogP contribution in [0.2, 0.25) is 0 Å². The van der Waals surface area contributed by atoms with Crippen molar-refractivity contribution in [2.24, 2.45) is 0 Å². The summed E-state index contributed by atoms with van der Waals surface area (Å²) >= 11 is 6.07. The van der Waals surface area contributed by atoms with E-state index in [-0.39, 0.29) is 5.75 Å². The highest BCUT2D eigenvalue weighted by Gasteiger charge is 1.32. The van der Waals surface area contributed by atoms with Crippen LogP contribution in [0.15, 0.2) is 0 Å². The first-order valence-electron chi connectivity index (χ1n) is 1.27. The fraction of sp³-hybridized carbons (Fsp3) is 0.667. The first-order valence-corrected chi connectivity index (χ1v) is 3.34. The Bertz CT molecular complexity index is 24.8. The quantitative estimate of drug-likeness (QED) is 0.361. The van der Waals surface area contributed by atoms with Crippen LogP contribution in [0.3, 0.4) is 0 Å². The van der Waals surface area contributed by atoms with Crippen LogP contribution in [0.5, 0.6) is 0 Å². The largest absolute Gasteiger partial charge is 0.285 e. The highest BCUT2D eigenvalue weighted by Crippen LogP contribution is 1.70. The van der Waals surface area contributed by atoms with E-state index in [1.807, 2.05) is 12.5 Å². The van der Waals surface area contributed by atoms with Gasteiger partial charge >= 0.3 is 0 Å². The molecule has 0 aliphatic carbocycles. The molecule has 0 amide bonds. The van der Waals surface area contributed by atoms with E-state index in [2.05, 4.69) is 11.6 Å². The maximum Gasteiger partial charge on any atom is 0.208 e. The summed E-state index contributed by atoms with van der Waals surface area (Å²) in [6.07, 6.45) is 4.08. The van der Waals surface area contributed by atoms with Gasteiger partial charge in [0.2, 0.25) is 5.75 Å². The molecule has 0 bridgehead atoms. The molecule has 0 unspecified atom stereocenters. The van der Waals surface area contributed by atoms with Gasteiger partial charge in [-0.05, 0) is 24.1 Å². The minimum Gasteiger partial charge on any atom is -0.285 e. The van der Waals surface area contributed by atoms with Crippen molar-refractivity contribution in [1.82, 2.24) is 0 Å². The topological polar surface area (TPSA) is 17.1 Å². The number of carbonyl (C=O) groups is 1. The van der Waals surface area contributed by atoms with Crippen LogP contribution in [-0.4, -0.2) is 18.3 Å². The number of thioether (sulfide) groups is 1. The predicted octanol–water partition coefficient (Wildman–Crippen LogP) is 1.39. The van der Waals surface area contributed by atoms with E-state index in [1.54, 1.807) is 11.8 Å². The van der Waals surface area contributed by atoms with Crippen molar-refractivity contribution in [3.05, 3.63) is 0 Å². The molecule has 0 N–H and O–H groups in total. The van der Waals surface area contributed by atoms with Crippen LogP contribution < -0.4 is 0 Å². The zero-order chi connectivity index (χ0) is 5.41. The van der Waals surface area contributed by atoms with Crippen LogP contribution in [0.25, 0.3) is 0 Å². The lowest BCUT2D eigenvalue weighted by molar-refractivity contribution is 0.569. The average Bonchev–Trinajstić information content (AvgIpc) is 1.39. The van der Waals surface area contributed by atoms with Gasteiger partial charge in [0.05, 0.1) is 0 Å². The van der Waals surface area contributed by atoms with Gasteiger partial charge in [-0.3, -0.25) is 4.79 Å². The molecule has 0 radical (unpaired) electrons. The standard InChI is InChI=1S/C2H6S.CHClO/c1-3-2;2-1-3/h1-2H3;1H. The highest BCUT2D eigenvalue weighted by atomic mass is 35.5. The van der Waals surface area contributed by atoms with Crippen LogP contribution >= 0.6 is 23.4 Å². The van der Waals surface area contributed by atoms with Crippen LogP contribution in [-0.2, 0) is 4.79 Å². The SMILES string of the molecule is CSC.O=CCl. The Labute approximate surface area is 47.1 Å². The Hall–Kier alpha value is 0.310. The minimum absolute atomic E-state index is 0.222. The van der Waals surface area contributed by atoms with Crippen molar-refractivity contribution in [1.29, 1.82) is 0 Å². The third kappa shape index (κ3) is 491. The molecular formula is C3H7ClOS. The van der Waals surface area contributed by atoms with E-state index in [4.69, 9.17) is 4.79 Å². The van der Waals surface area contributed by atoms with Gasteiger partial charge in [0.1, 0.15) is 0 Å². The Kier molecular flexibility index (Phi) is 29.5. The molecule has 0 aromatic carbocycles. The Morgan fingerprint density at radius 1 is 1.67 bits per heavy atom. The van der Waals surface area contributed by atoms with Gasteiger partial charge in [-0.2, -0.15) is 11.8 Å². The highest BCUT2D eigenvalue weighted by molar-refractivity contribution is 7.97. The van der Waals surface area contributed by atoms with Crippen molar-refractivity contribution < 1.29 is 4.79 Å². The molecule has 0 fully saturated rings. The summed E-state index contributed by atoms with van der Waals surface area (Å²) in [6, 6.07) is 0. The fourth-order valence-electron chi connectivity index (χ4n) is 0. The summed E-state index contributed by atoms with van der Waals surface area (Å²) in [5.41, 5.74) is 0. The van der Waals surface area contributed by atoms with Gasteiger partial charge in [-0.1, -0.05) is 0 Å². The van der Waals surface area contributed by atoms with E-state index in [0.717, 1.165) is 0 Å². The zero-order valence-corrected chi connectivity index (χ0v) is 5.34. The lowest BCUT2D eigenvalue weighted by atomic mass is 11.8. The minimum atomic E-state index is 0.222. The van der Waals surface area contributed by atoms with Crippen molar-refractivity contribution >= 4 is 29.1 Å². The molecule has 0 spiro atoms. The molecule has 0 aliphatic heterocycles. The second-order valence-corrected chi connectivity index (χ2v) is 1.49. The van der Waals surface area contributed by atoms with Gasteiger partial charge in [0, 0.05) is 0 Å². The number of carbonyl (C=O) groups excluding carboxylic acids is 1. The summed E-state index contributed by atoms with van der Waals surface area (Å²) in [4.78, 5) is 8.57. The van der Waals surface area contributed by atoms with Crippen molar-refractivity contribution in [3.63, 3.8) is 0 Å². The van der Waals surface area contributed by atoms with E-state index >= 15 is 0 Å². The molecule has 0 rings (SSSR count). The summed E-state index contributed by atoms with van der Waals surface area (Å²) in [7, 11) is 0. The van der Waals surface area contributed by atoms with Crippen LogP contribution in [0, 0.1) is 0 Å². The number of rotatable bonds is 0. The third-order valence-corrected chi connectivity index (χ3v) is 0. The lowest BCUT2D eigenvalue weighted by Crippen LogP contribution is -1.25. The van der Waals surface area contributed by atoms with E-state index in [9.17, 15) is 0 Å². The second-order valence-electron chi connectivity index (χ2n) is 0.497. The van der Waals surface area contributed by atoms with E-state index in [1.165, 1.54) is 0 Å². The average molecular weight is 127 g/mol. The monoisotopic (exact) mass is 126 g/mol. The zero-order valence-electron chi connectivity index (χ0n) is 3.77. The Morgan fingerprint density at radius 2 is 1.67 bits per heavy atom. The van der Waals surface area contributed by atoms with Gasteiger partial charge in [0.15, 0.2) is 0 Å². The predicted molar refractivity (Wildman–Crippen MR) is 32.0 cm³/mol. The Balaban J connectivity index is 0. The summed E-state index contributed by atoms with van der Waals surface area (Å²) in [5.74, 6) is 0.222. The maximum absolute atomic E-state index is 8.57. The number of halogens is 1. The lowest BCUT2D eigenvalue weighted by Gasteiger charge is -1.51. The molecule has 0 saturated heterocycles. The van der Waals surface area contributed by atoms with Crippen LogP contribution in [0.4, 0.5) is 0 Å². The second kappa shape index (κ2) is 18.5. The molecule has 38 valence electrons. The summed E-state index contributed by atoms with van der Waals surface area (Å²) < 4.78 is 0. The van der Waals surface area contributed by atoms with Crippen LogP contribution in [0.1, 0.15) is 0 Å². The van der Waals surface area contributed by atoms with Gasteiger partial charge in [-0.15, -0.1) is 0 Å². The van der Waals surface area contributed by atoms with Gasteiger partial charge < -0.3 is 0 Å². The molecule has 0 aromatic rings. The molecule has 0 heterocycles. The van der Waals surface area contributed by atoms with E-state index < -0.39 is 0 Å². The maximum atomic E-state index is 8.57. The number of hydrogen-bond acceptors (Lipinski definition) is 2. The molecule has 6 heavy (non-hydrogen) atoms. The molecule has 0 saturated carbocycles. The molecule has 0 aliphatic rings. The summed E-state index contributed by atoms with van der Waals surface area (Å²) in [6.45, 7) is 0. The molecule has 0 atom stereocenters. The van der Waals surface area contributed by atoms with Crippen molar-refractivity contribution in [3.8, 4) is 0 Å². The molecule has 3 heteroatoms. The van der Waals surface area contributed by atoms with Gasteiger partial charge in [0.25, 0.3) is 0 Å². The summed E-state index contributed by atoms with van der Waals surface area (Å²) in [5, 5.41) is 0. The van der Waals surface area contributed by atoms with Crippen molar-refractivity contribution in [2.45, 2.75) is 0 Å². The van der Waals surface area contributed by atoms with Gasteiger partial charge in [-0.25, -0.2) is 0 Å². The normalized spacial score (nSPS) is 5.17. The van der Waals surface area contributed by atoms with Crippen molar-refractivity contribution in [2.75, 3.05) is 12.5 Å². The fourth-order valence-corrected chi connectivity index (χ4v) is 0. The molecule has 0 aromatic heterocycles. The first-order chi connectivity index (χ1) is 2.83. The Morgan fingerprint density at radius 3 is 1.67 bits per heavy atom. The first kappa shape index (κ1) is 9.58. The molecular weight excluding hydrogens is 120 g/mol. The third-order valence-electron chi connectivity index (χ3n) is 0. The molecule has 1 nitrogen and oxygen atoms in total. The van der Waals surface area contributed by atoms with E-state index in [0.29, 0.717) is 0 Å².